The van der Waals surface area contributed by atoms with Crippen LogP contribution in [0.1, 0.15) is 0 Å². The van der Waals surface area contributed by atoms with E-state index in [9.17, 15) is 13.2 Å². The lowest BCUT2D eigenvalue weighted by molar-refractivity contribution is 0.449. The quantitative estimate of drug-likeness (QED) is 0.710. The summed E-state index contributed by atoms with van der Waals surface area (Å²) in [6.07, 6.45) is 0. The van der Waals surface area contributed by atoms with Gasteiger partial charge >= 0.3 is 0 Å². The van der Waals surface area contributed by atoms with Crippen molar-refractivity contribution in [3.63, 3.8) is 0 Å². The first-order chi connectivity index (χ1) is 10.1. The van der Waals surface area contributed by atoms with E-state index >= 15 is 0 Å². The molecule has 21 heavy (non-hydrogen) atoms. The van der Waals surface area contributed by atoms with E-state index < -0.39 is 17.5 Å². The molecule has 1 heterocycles. The molecule has 0 spiro atoms. The SMILES string of the molecule is Nc1nc2ccccc2nc1Nc1ccc(F)c(F)c1F. The van der Waals surface area contributed by atoms with Crippen LogP contribution in [0.2, 0.25) is 0 Å². The fourth-order valence-corrected chi connectivity index (χ4v) is 1.86. The summed E-state index contributed by atoms with van der Waals surface area (Å²) in [4.78, 5) is 8.29. The molecule has 106 valence electrons. The Hall–Kier alpha value is -2.83. The summed E-state index contributed by atoms with van der Waals surface area (Å²) in [6, 6.07) is 8.83. The van der Waals surface area contributed by atoms with E-state index in [2.05, 4.69) is 15.3 Å². The van der Waals surface area contributed by atoms with Crippen molar-refractivity contribution in [3.05, 3.63) is 53.8 Å². The van der Waals surface area contributed by atoms with Crippen LogP contribution in [-0.2, 0) is 0 Å². The third kappa shape index (κ3) is 2.33. The first kappa shape index (κ1) is 13.2. The van der Waals surface area contributed by atoms with Gasteiger partial charge in [0.05, 0.1) is 16.7 Å². The maximum atomic E-state index is 13.6. The largest absolute Gasteiger partial charge is 0.381 e. The Morgan fingerprint density at radius 3 is 2.24 bits per heavy atom. The smallest absolute Gasteiger partial charge is 0.196 e. The monoisotopic (exact) mass is 290 g/mol. The molecule has 0 unspecified atom stereocenters. The van der Waals surface area contributed by atoms with Crippen molar-refractivity contribution in [1.82, 2.24) is 9.97 Å². The number of hydrogen-bond acceptors (Lipinski definition) is 4. The second kappa shape index (κ2) is 4.93. The molecule has 3 rings (SSSR count). The molecule has 0 aliphatic heterocycles. The van der Waals surface area contributed by atoms with Crippen LogP contribution in [0.4, 0.5) is 30.5 Å². The van der Waals surface area contributed by atoms with Gasteiger partial charge in [0.1, 0.15) is 0 Å². The minimum absolute atomic E-state index is 0.0258. The zero-order valence-electron chi connectivity index (χ0n) is 10.6. The molecule has 0 bridgehead atoms. The Morgan fingerprint density at radius 1 is 0.857 bits per heavy atom. The normalized spacial score (nSPS) is 10.8. The molecule has 1 aromatic heterocycles. The molecule has 3 aromatic rings. The summed E-state index contributed by atoms with van der Waals surface area (Å²) in [5, 5.41) is 2.52. The maximum Gasteiger partial charge on any atom is 0.196 e. The summed E-state index contributed by atoms with van der Waals surface area (Å²) in [6.45, 7) is 0. The van der Waals surface area contributed by atoms with E-state index in [-0.39, 0.29) is 17.3 Å². The molecule has 0 atom stereocenters. The average molecular weight is 290 g/mol. The zero-order valence-corrected chi connectivity index (χ0v) is 10.6. The van der Waals surface area contributed by atoms with Crippen LogP contribution >= 0.6 is 0 Å². The summed E-state index contributed by atoms with van der Waals surface area (Å²) in [5.41, 5.74) is 6.57. The maximum absolute atomic E-state index is 13.6. The van der Waals surface area contributed by atoms with E-state index in [1.807, 2.05) is 0 Å². The van der Waals surface area contributed by atoms with E-state index in [0.29, 0.717) is 11.0 Å². The van der Waals surface area contributed by atoms with E-state index in [4.69, 9.17) is 5.73 Å². The Balaban J connectivity index is 2.06. The summed E-state index contributed by atoms with van der Waals surface area (Å²) < 4.78 is 39.7. The summed E-state index contributed by atoms with van der Waals surface area (Å²) in [7, 11) is 0. The zero-order chi connectivity index (χ0) is 15.0. The molecule has 0 amide bonds. The van der Waals surface area contributed by atoms with Gasteiger partial charge in [0.15, 0.2) is 29.1 Å². The van der Waals surface area contributed by atoms with Gasteiger partial charge in [0, 0.05) is 0 Å². The minimum atomic E-state index is -1.56. The molecule has 0 radical (unpaired) electrons. The number of hydrogen-bond donors (Lipinski definition) is 2. The Bertz CT molecular complexity index is 836. The first-order valence-corrected chi connectivity index (χ1v) is 5.99. The standard InChI is InChI=1S/C14H9F3N4/c15-7-5-6-10(12(17)11(7)16)21-14-13(18)19-8-3-1-2-4-9(8)20-14/h1-6H,(H2,18,19)(H,20,21). The number of nitrogens with two attached hydrogens (primary N) is 1. The van der Waals surface area contributed by atoms with E-state index in [1.54, 1.807) is 24.3 Å². The van der Waals surface area contributed by atoms with Crippen molar-refractivity contribution < 1.29 is 13.2 Å². The lowest BCUT2D eigenvalue weighted by Gasteiger charge is -2.10. The molecule has 2 aromatic carbocycles. The van der Waals surface area contributed by atoms with Crippen LogP contribution in [0.5, 0.6) is 0 Å². The Morgan fingerprint density at radius 2 is 1.52 bits per heavy atom. The van der Waals surface area contributed by atoms with Crippen LogP contribution in [-0.4, -0.2) is 9.97 Å². The van der Waals surface area contributed by atoms with Crippen molar-refractivity contribution in [2.24, 2.45) is 0 Å². The van der Waals surface area contributed by atoms with Crippen LogP contribution in [0.15, 0.2) is 36.4 Å². The highest BCUT2D eigenvalue weighted by Gasteiger charge is 2.15. The molecule has 4 nitrogen and oxygen atoms in total. The van der Waals surface area contributed by atoms with Crippen molar-refractivity contribution in [2.75, 3.05) is 11.1 Å². The van der Waals surface area contributed by atoms with Crippen LogP contribution in [0.25, 0.3) is 11.0 Å². The number of fused-ring (bicyclic) bond motifs is 1. The lowest BCUT2D eigenvalue weighted by atomic mass is 10.2. The molecule has 7 heteroatoms. The van der Waals surface area contributed by atoms with Gasteiger partial charge in [-0.15, -0.1) is 0 Å². The van der Waals surface area contributed by atoms with Crippen LogP contribution < -0.4 is 11.1 Å². The van der Waals surface area contributed by atoms with Gasteiger partial charge in [-0.2, -0.15) is 0 Å². The number of nitrogens with zero attached hydrogens (tertiary/aromatic N) is 2. The van der Waals surface area contributed by atoms with E-state index in [0.717, 1.165) is 12.1 Å². The van der Waals surface area contributed by atoms with E-state index in [1.165, 1.54) is 0 Å². The molecule has 0 aliphatic carbocycles. The first-order valence-electron chi connectivity index (χ1n) is 5.99. The van der Waals surface area contributed by atoms with Gasteiger partial charge in [-0.05, 0) is 24.3 Å². The van der Waals surface area contributed by atoms with Gasteiger partial charge in [-0.1, -0.05) is 12.1 Å². The molecular formula is C14H9F3N4. The van der Waals surface area contributed by atoms with Gasteiger partial charge in [0.2, 0.25) is 0 Å². The predicted molar refractivity (Wildman–Crippen MR) is 73.5 cm³/mol. The highest BCUT2D eigenvalue weighted by molar-refractivity contribution is 5.80. The van der Waals surface area contributed by atoms with Crippen LogP contribution in [0, 0.1) is 17.5 Å². The number of para-hydroxylation sites is 2. The van der Waals surface area contributed by atoms with Crippen LogP contribution in [0.3, 0.4) is 0 Å². The number of halogens is 3. The van der Waals surface area contributed by atoms with Gasteiger partial charge < -0.3 is 11.1 Å². The topological polar surface area (TPSA) is 63.8 Å². The van der Waals surface area contributed by atoms with Crippen molar-refractivity contribution >= 4 is 28.4 Å². The minimum Gasteiger partial charge on any atom is -0.381 e. The fraction of sp³-hybridized carbons (Fsp3) is 0. The van der Waals surface area contributed by atoms with Gasteiger partial charge in [-0.25, -0.2) is 23.1 Å². The molecule has 0 aliphatic rings. The van der Waals surface area contributed by atoms with Gasteiger partial charge in [-0.3, -0.25) is 0 Å². The Labute approximate surface area is 117 Å². The number of anilines is 3. The molecule has 0 saturated heterocycles. The van der Waals surface area contributed by atoms with Crippen molar-refractivity contribution in [2.45, 2.75) is 0 Å². The molecule has 0 fully saturated rings. The van der Waals surface area contributed by atoms with Gasteiger partial charge in [0.25, 0.3) is 0 Å². The third-order valence-corrected chi connectivity index (χ3v) is 2.89. The number of nitrogens with one attached hydrogen (secondary N) is 1. The van der Waals surface area contributed by atoms with Crippen molar-refractivity contribution in [3.8, 4) is 0 Å². The molecule has 3 N–H and O–H groups in total. The highest BCUT2D eigenvalue weighted by atomic mass is 19.2. The number of benzene rings is 2. The second-order valence-corrected chi connectivity index (χ2v) is 4.29. The fourth-order valence-electron chi connectivity index (χ4n) is 1.86. The Kier molecular flexibility index (Phi) is 3.09. The summed E-state index contributed by atoms with van der Waals surface area (Å²) >= 11 is 0. The number of aromatic nitrogens is 2. The molecule has 0 saturated carbocycles. The second-order valence-electron chi connectivity index (χ2n) is 4.29. The lowest BCUT2D eigenvalue weighted by Crippen LogP contribution is -2.05. The highest BCUT2D eigenvalue weighted by Crippen LogP contribution is 2.26. The molecular weight excluding hydrogens is 281 g/mol. The van der Waals surface area contributed by atoms with Crippen molar-refractivity contribution in [1.29, 1.82) is 0 Å². The number of nitrogen functional groups attached to an aromatic ring is 1. The average Bonchev–Trinajstić information content (AvgIpc) is 2.48. The number of rotatable bonds is 2. The third-order valence-electron chi connectivity index (χ3n) is 2.89. The predicted octanol–water partition coefficient (Wildman–Crippen LogP) is 3.37. The summed E-state index contributed by atoms with van der Waals surface area (Å²) in [5.74, 6) is -4.08.